The minimum Gasteiger partial charge on any atom is -0.493 e. The Morgan fingerprint density at radius 2 is 2.21 bits per heavy atom. The predicted molar refractivity (Wildman–Crippen MR) is 85.0 cm³/mol. The zero-order valence-electron chi connectivity index (χ0n) is 13.2. The summed E-state index contributed by atoms with van der Waals surface area (Å²) in [6.07, 6.45) is 5.80. The van der Waals surface area contributed by atoms with Crippen molar-refractivity contribution in [3.63, 3.8) is 0 Å². The first-order valence-electron chi connectivity index (χ1n) is 7.73. The van der Waals surface area contributed by atoms with E-state index in [1.54, 1.807) is 19.3 Å². The standard InChI is InChI=1S/C17H19NO6/c1-9-12(6-14(21)18-7-11(20)8-19)17(22)24-13-3-2-10-4-5-23-16(10)15(9)13/h2-5,10-11,16,19-20H,6-8H2,1H3,(H,18,21). The average molecular weight is 333 g/mol. The van der Waals surface area contributed by atoms with E-state index in [0.717, 1.165) is 5.56 Å². The molecule has 0 saturated carbocycles. The number of aliphatic hydroxyl groups is 2. The summed E-state index contributed by atoms with van der Waals surface area (Å²) < 4.78 is 11.0. The van der Waals surface area contributed by atoms with Gasteiger partial charge in [-0.2, -0.15) is 0 Å². The quantitative estimate of drug-likeness (QED) is 0.710. The van der Waals surface area contributed by atoms with Crippen LogP contribution in [-0.4, -0.2) is 35.4 Å². The molecule has 3 rings (SSSR count). The fourth-order valence-corrected chi connectivity index (χ4v) is 2.95. The highest BCUT2D eigenvalue weighted by Gasteiger charge is 2.33. The molecule has 1 aliphatic heterocycles. The lowest BCUT2D eigenvalue weighted by Gasteiger charge is -2.24. The number of nitrogens with one attached hydrogen (secondary N) is 1. The number of hydrogen-bond donors (Lipinski definition) is 3. The molecule has 0 saturated heterocycles. The lowest BCUT2D eigenvalue weighted by Crippen LogP contribution is -2.36. The number of carbonyl (C=O) groups is 1. The van der Waals surface area contributed by atoms with Crippen LogP contribution in [0, 0.1) is 12.8 Å². The average Bonchev–Trinajstić information content (AvgIpc) is 3.04. The van der Waals surface area contributed by atoms with Crippen molar-refractivity contribution in [2.45, 2.75) is 25.6 Å². The molecule has 0 fully saturated rings. The van der Waals surface area contributed by atoms with Crippen molar-refractivity contribution in [2.75, 3.05) is 13.2 Å². The van der Waals surface area contributed by atoms with Gasteiger partial charge in [-0.15, -0.1) is 0 Å². The van der Waals surface area contributed by atoms with E-state index >= 15 is 0 Å². The number of ether oxygens (including phenoxy) is 1. The summed E-state index contributed by atoms with van der Waals surface area (Å²) in [6, 6.07) is 0. The fraction of sp³-hybridized carbons (Fsp3) is 0.412. The molecule has 3 atom stereocenters. The molecule has 2 aliphatic rings. The minimum atomic E-state index is -1.03. The van der Waals surface area contributed by atoms with Crippen LogP contribution < -0.4 is 10.9 Å². The Morgan fingerprint density at radius 3 is 2.96 bits per heavy atom. The topological polar surface area (TPSA) is 109 Å². The fourth-order valence-electron chi connectivity index (χ4n) is 2.95. The summed E-state index contributed by atoms with van der Waals surface area (Å²) >= 11 is 0. The van der Waals surface area contributed by atoms with Crippen LogP contribution in [0.4, 0.5) is 0 Å². The Hall–Kier alpha value is -2.38. The highest BCUT2D eigenvalue weighted by molar-refractivity contribution is 5.79. The SMILES string of the molecule is Cc1c2c(oc(=O)c1CC(=O)NCC(O)CO)C=CC1C=COC21. The van der Waals surface area contributed by atoms with Gasteiger partial charge < -0.3 is 24.7 Å². The van der Waals surface area contributed by atoms with Gasteiger partial charge >= 0.3 is 5.63 Å². The molecule has 1 aliphatic carbocycles. The molecular weight excluding hydrogens is 314 g/mol. The first-order valence-corrected chi connectivity index (χ1v) is 7.73. The third-order valence-corrected chi connectivity index (χ3v) is 4.28. The number of fused-ring (bicyclic) bond motifs is 3. The molecule has 24 heavy (non-hydrogen) atoms. The molecule has 0 aromatic carbocycles. The van der Waals surface area contributed by atoms with Crippen LogP contribution in [0.5, 0.6) is 0 Å². The summed E-state index contributed by atoms with van der Waals surface area (Å²) in [4.78, 5) is 24.2. The van der Waals surface area contributed by atoms with Crippen LogP contribution >= 0.6 is 0 Å². The van der Waals surface area contributed by atoms with E-state index in [0.29, 0.717) is 11.3 Å². The Morgan fingerprint density at radius 1 is 1.42 bits per heavy atom. The summed E-state index contributed by atoms with van der Waals surface area (Å²) in [6.45, 7) is 1.25. The molecule has 3 unspecified atom stereocenters. The van der Waals surface area contributed by atoms with Crippen molar-refractivity contribution in [1.29, 1.82) is 0 Å². The van der Waals surface area contributed by atoms with Crippen molar-refractivity contribution in [1.82, 2.24) is 5.32 Å². The third kappa shape index (κ3) is 3.00. The van der Waals surface area contributed by atoms with E-state index < -0.39 is 24.2 Å². The Kier molecular flexibility index (Phi) is 4.55. The highest BCUT2D eigenvalue weighted by atomic mass is 16.5. The van der Waals surface area contributed by atoms with E-state index in [2.05, 4.69) is 5.32 Å². The largest absolute Gasteiger partial charge is 0.493 e. The number of hydrogen-bond acceptors (Lipinski definition) is 6. The number of rotatable bonds is 5. The molecule has 128 valence electrons. The predicted octanol–water partition coefficient (Wildman–Crippen LogP) is 0.188. The summed E-state index contributed by atoms with van der Waals surface area (Å²) in [5.74, 6) is 0.124. The van der Waals surface area contributed by atoms with Crippen LogP contribution in [0.1, 0.15) is 28.6 Å². The Labute approximate surface area is 138 Å². The van der Waals surface area contributed by atoms with Crippen LogP contribution in [0.3, 0.4) is 0 Å². The number of carbonyl (C=O) groups excluding carboxylic acids is 1. The van der Waals surface area contributed by atoms with Crippen LogP contribution in [-0.2, 0) is 16.0 Å². The zero-order chi connectivity index (χ0) is 17.3. The summed E-state index contributed by atoms with van der Waals surface area (Å²) in [5, 5.41) is 20.5. The third-order valence-electron chi connectivity index (χ3n) is 4.28. The van der Waals surface area contributed by atoms with Crippen LogP contribution in [0.25, 0.3) is 6.08 Å². The maximum Gasteiger partial charge on any atom is 0.340 e. The van der Waals surface area contributed by atoms with Gasteiger partial charge in [0.1, 0.15) is 11.9 Å². The molecule has 1 aromatic rings. The molecule has 2 heterocycles. The van der Waals surface area contributed by atoms with Crippen molar-refractivity contribution in [3.05, 3.63) is 51.3 Å². The van der Waals surface area contributed by atoms with Gasteiger partial charge in [-0.1, -0.05) is 6.08 Å². The first kappa shape index (κ1) is 16.5. The van der Waals surface area contributed by atoms with Gasteiger partial charge in [-0.3, -0.25) is 4.79 Å². The lowest BCUT2D eigenvalue weighted by molar-refractivity contribution is -0.121. The second-order valence-corrected chi connectivity index (χ2v) is 5.91. The van der Waals surface area contributed by atoms with Gasteiger partial charge in [0, 0.05) is 18.0 Å². The van der Waals surface area contributed by atoms with Crippen molar-refractivity contribution in [3.8, 4) is 0 Å². The van der Waals surface area contributed by atoms with Crippen molar-refractivity contribution >= 4 is 12.0 Å². The van der Waals surface area contributed by atoms with E-state index in [1.807, 2.05) is 12.2 Å². The maximum atomic E-state index is 12.2. The number of aliphatic hydroxyl groups excluding tert-OH is 2. The van der Waals surface area contributed by atoms with E-state index in [-0.39, 0.29) is 30.6 Å². The summed E-state index contributed by atoms with van der Waals surface area (Å²) in [7, 11) is 0. The van der Waals surface area contributed by atoms with E-state index in [4.69, 9.17) is 14.3 Å². The normalized spacial score (nSPS) is 21.8. The lowest BCUT2D eigenvalue weighted by atomic mass is 9.86. The van der Waals surface area contributed by atoms with Crippen LogP contribution in [0.15, 0.2) is 27.6 Å². The van der Waals surface area contributed by atoms with Gasteiger partial charge in [-0.05, 0) is 24.6 Å². The molecule has 3 N–H and O–H groups in total. The zero-order valence-corrected chi connectivity index (χ0v) is 13.2. The molecule has 7 nitrogen and oxygen atoms in total. The smallest absolute Gasteiger partial charge is 0.340 e. The molecule has 1 amide bonds. The van der Waals surface area contributed by atoms with E-state index in [1.165, 1.54) is 0 Å². The molecule has 0 spiro atoms. The molecule has 7 heteroatoms. The monoisotopic (exact) mass is 333 g/mol. The van der Waals surface area contributed by atoms with Crippen LogP contribution in [0.2, 0.25) is 0 Å². The van der Waals surface area contributed by atoms with Gasteiger partial charge in [0.2, 0.25) is 5.91 Å². The Bertz CT molecular complexity index is 763. The van der Waals surface area contributed by atoms with Gasteiger partial charge in [0.15, 0.2) is 0 Å². The molecule has 0 radical (unpaired) electrons. The van der Waals surface area contributed by atoms with Crippen molar-refractivity contribution < 1.29 is 24.2 Å². The van der Waals surface area contributed by atoms with Gasteiger partial charge in [0.05, 0.1) is 31.0 Å². The van der Waals surface area contributed by atoms with E-state index in [9.17, 15) is 14.7 Å². The minimum absolute atomic E-state index is 0.0783. The first-order chi connectivity index (χ1) is 11.5. The second-order valence-electron chi connectivity index (χ2n) is 5.91. The molecule has 0 bridgehead atoms. The molecule has 1 aromatic heterocycles. The number of amides is 1. The van der Waals surface area contributed by atoms with Gasteiger partial charge in [0.25, 0.3) is 0 Å². The molecular formula is C17H19NO6. The Balaban J connectivity index is 1.85. The maximum absolute atomic E-state index is 12.2. The summed E-state index contributed by atoms with van der Waals surface area (Å²) in [5.41, 5.74) is 1.18. The highest BCUT2D eigenvalue weighted by Crippen LogP contribution is 2.41. The van der Waals surface area contributed by atoms with Gasteiger partial charge in [-0.25, -0.2) is 4.79 Å². The second kappa shape index (κ2) is 6.62. The van der Waals surface area contributed by atoms with Crippen molar-refractivity contribution in [2.24, 2.45) is 5.92 Å².